The number of pyridine rings is 1. The molecule has 7 heteroatoms. The highest BCUT2D eigenvalue weighted by molar-refractivity contribution is 5.89. The normalized spacial score (nSPS) is 11.9. The highest BCUT2D eigenvalue weighted by Gasteiger charge is 2.14. The van der Waals surface area contributed by atoms with E-state index in [4.69, 9.17) is 0 Å². The van der Waals surface area contributed by atoms with Gasteiger partial charge in [-0.1, -0.05) is 0 Å². The summed E-state index contributed by atoms with van der Waals surface area (Å²) in [5.41, 5.74) is 3.99. The fourth-order valence-electron chi connectivity index (χ4n) is 2.59. The second-order valence-electron chi connectivity index (χ2n) is 6.28. The molecule has 0 spiro atoms. The highest BCUT2D eigenvalue weighted by atomic mass is 16.2. The molecule has 2 aromatic heterocycles. The van der Waals surface area contributed by atoms with Gasteiger partial charge in [-0.25, -0.2) is 9.78 Å². The smallest absolute Gasteiger partial charge is 0.319 e. The van der Waals surface area contributed by atoms with E-state index in [1.165, 1.54) is 5.56 Å². The first-order valence-corrected chi connectivity index (χ1v) is 7.98. The number of carbonyl (C=O) groups excluding carboxylic acids is 1. The molecule has 0 aliphatic rings. The molecule has 2 rings (SSSR count). The third-order valence-corrected chi connectivity index (χ3v) is 4.01. The third kappa shape index (κ3) is 4.24. The van der Waals surface area contributed by atoms with Gasteiger partial charge in [0.2, 0.25) is 0 Å². The van der Waals surface area contributed by atoms with Crippen molar-refractivity contribution >= 4 is 17.5 Å². The van der Waals surface area contributed by atoms with Crippen LogP contribution in [0.4, 0.5) is 16.3 Å². The van der Waals surface area contributed by atoms with E-state index in [0.717, 1.165) is 23.6 Å². The van der Waals surface area contributed by atoms with Crippen LogP contribution >= 0.6 is 0 Å². The molecule has 2 N–H and O–H groups in total. The van der Waals surface area contributed by atoms with Gasteiger partial charge in [-0.2, -0.15) is 5.10 Å². The van der Waals surface area contributed by atoms with Crippen LogP contribution in [0.15, 0.2) is 18.3 Å². The minimum Gasteiger partial charge on any atom is -0.363 e. The number of hydrogen-bond acceptors (Lipinski definition) is 4. The Bertz CT molecular complexity index is 705. The van der Waals surface area contributed by atoms with Gasteiger partial charge < -0.3 is 15.5 Å². The van der Waals surface area contributed by atoms with Crippen molar-refractivity contribution in [3.8, 4) is 0 Å². The predicted molar refractivity (Wildman–Crippen MR) is 96.6 cm³/mol. The maximum atomic E-state index is 12.1. The summed E-state index contributed by atoms with van der Waals surface area (Å²) < 4.78 is 1.87. The summed E-state index contributed by atoms with van der Waals surface area (Å²) in [5, 5.41) is 10.2. The Morgan fingerprint density at radius 3 is 2.54 bits per heavy atom. The standard InChI is InChI=1S/C17H26N6O/c1-11(9-15-12(2)21-23(6)13(15)3)19-17(24)20-14-7-8-16(18-10-14)22(4)5/h7-8,10-11H,9H2,1-6H3,(H2,19,20,24)/t11-/m1/s1. The van der Waals surface area contributed by atoms with Gasteiger partial charge in [-0.3, -0.25) is 4.68 Å². The largest absolute Gasteiger partial charge is 0.363 e. The van der Waals surface area contributed by atoms with Gasteiger partial charge in [0, 0.05) is 32.9 Å². The fraction of sp³-hybridized carbons (Fsp3) is 0.471. The lowest BCUT2D eigenvalue weighted by Gasteiger charge is -2.16. The number of aromatic nitrogens is 3. The Morgan fingerprint density at radius 1 is 1.33 bits per heavy atom. The molecule has 7 nitrogen and oxygen atoms in total. The van der Waals surface area contributed by atoms with Crippen LogP contribution in [0.25, 0.3) is 0 Å². The van der Waals surface area contributed by atoms with Crippen molar-refractivity contribution < 1.29 is 4.79 Å². The number of rotatable bonds is 5. The van der Waals surface area contributed by atoms with Crippen molar-refractivity contribution in [2.45, 2.75) is 33.2 Å². The first-order chi connectivity index (χ1) is 11.3. The van der Waals surface area contributed by atoms with Crippen LogP contribution in [0.5, 0.6) is 0 Å². The molecule has 0 unspecified atom stereocenters. The van der Waals surface area contributed by atoms with Crippen molar-refractivity contribution in [3.63, 3.8) is 0 Å². The number of hydrogen-bond donors (Lipinski definition) is 2. The van der Waals surface area contributed by atoms with Gasteiger partial charge in [0.1, 0.15) is 5.82 Å². The second-order valence-corrected chi connectivity index (χ2v) is 6.28. The van der Waals surface area contributed by atoms with Crippen LogP contribution in [-0.4, -0.2) is 40.9 Å². The van der Waals surface area contributed by atoms with E-state index in [9.17, 15) is 4.79 Å². The Morgan fingerprint density at radius 2 is 2.04 bits per heavy atom. The molecule has 0 radical (unpaired) electrons. The summed E-state index contributed by atoms with van der Waals surface area (Å²) in [5.74, 6) is 0.844. The lowest BCUT2D eigenvalue weighted by Crippen LogP contribution is -2.37. The molecule has 1 atom stereocenters. The van der Waals surface area contributed by atoms with Gasteiger partial charge in [-0.05, 0) is 44.9 Å². The molecule has 0 aliphatic carbocycles. The average molecular weight is 330 g/mol. The van der Waals surface area contributed by atoms with Gasteiger partial charge in [0.25, 0.3) is 0 Å². The molecular formula is C17H26N6O. The summed E-state index contributed by atoms with van der Waals surface area (Å²) in [6.07, 6.45) is 2.39. The van der Waals surface area contributed by atoms with Crippen LogP contribution < -0.4 is 15.5 Å². The van der Waals surface area contributed by atoms with Crippen molar-refractivity contribution in [1.82, 2.24) is 20.1 Å². The lowest BCUT2D eigenvalue weighted by molar-refractivity contribution is 0.249. The lowest BCUT2D eigenvalue weighted by atomic mass is 10.1. The number of nitrogens with zero attached hydrogens (tertiary/aromatic N) is 4. The van der Waals surface area contributed by atoms with E-state index in [2.05, 4.69) is 20.7 Å². The topological polar surface area (TPSA) is 75.1 Å². The fourth-order valence-corrected chi connectivity index (χ4v) is 2.59. The summed E-state index contributed by atoms with van der Waals surface area (Å²) in [7, 11) is 5.78. The van der Waals surface area contributed by atoms with E-state index >= 15 is 0 Å². The highest BCUT2D eigenvalue weighted by Crippen LogP contribution is 2.15. The Kier molecular flexibility index (Phi) is 5.43. The van der Waals surface area contributed by atoms with E-state index in [1.807, 2.05) is 63.6 Å². The van der Waals surface area contributed by atoms with E-state index < -0.39 is 0 Å². The molecule has 0 saturated carbocycles. The number of urea groups is 1. The van der Waals surface area contributed by atoms with Gasteiger partial charge in [0.15, 0.2) is 0 Å². The molecular weight excluding hydrogens is 304 g/mol. The van der Waals surface area contributed by atoms with Crippen LogP contribution in [0, 0.1) is 13.8 Å². The van der Waals surface area contributed by atoms with Crippen molar-refractivity contribution in [2.24, 2.45) is 7.05 Å². The van der Waals surface area contributed by atoms with Crippen molar-refractivity contribution in [1.29, 1.82) is 0 Å². The maximum Gasteiger partial charge on any atom is 0.319 e. The molecule has 0 aromatic carbocycles. The zero-order valence-electron chi connectivity index (χ0n) is 15.2. The molecule has 130 valence electrons. The first-order valence-electron chi connectivity index (χ1n) is 7.98. The molecule has 0 bridgehead atoms. The zero-order chi connectivity index (χ0) is 17.9. The minimum atomic E-state index is -0.235. The maximum absolute atomic E-state index is 12.1. The summed E-state index contributed by atoms with van der Waals surface area (Å²) in [4.78, 5) is 18.3. The molecule has 2 amide bonds. The van der Waals surface area contributed by atoms with Crippen LogP contribution in [-0.2, 0) is 13.5 Å². The SMILES string of the molecule is Cc1nn(C)c(C)c1C[C@@H](C)NC(=O)Nc1ccc(N(C)C)nc1. The molecule has 0 aliphatic heterocycles. The van der Waals surface area contributed by atoms with E-state index in [1.54, 1.807) is 6.20 Å². The second kappa shape index (κ2) is 7.33. The molecule has 2 aromatic rings. The van der Waals surface area contributed by atoms with E-state index in [-0.39, 0.29) is 12.1 Å². The number of nitrogens with one attached hydrogen (secondary N) is 2. The summed E-state index contributed by atoms with van der Waals surface area (Å²) >= 11 is 0. The minimum absolute atomic E-state index is 0.000563. The Hall–Kier alpha value is -2.57. The van der Waals surface area contributed by atoms with Crippen LogP contribution in [0.3, 0.4) is 0 Å². The Labute approximate surface area is 143 Å². The summed E-state index contributed by atoms with van der Waals surface area (Å²) in [6.45, 7) is 6.02. The van der Waals surface area contributed by atoms with Gasteiger partial charge in [0.05, 0.1) is 17.6 Å². The average Bonchev–Trinajstić information content (AvgIpc) is 2.74. The Balaban J connectivity index is 1.91. The van der Waals surface area contributed by atoms with Crippen molar-refractivity contribution in [3.05, 3.63) is 35.3 Å². The number of amides is 2. The molecule has 0 saturated heterocycles. The molecule has 2 heterocycles. The number of aryl methyl sites for hydroxylation is 2. The van der Waals surface area contributed by atoms with Crippen molar-refractivity contribution in [2.75, 3.05) is 24.3 Å². The summed E-state index contributed by atoms with van der Waals surface area (Å²) in [6, 6.07) is 3.46. The van der Waals surface area contributed by atoms with Crippen LogP contribution in [0.1, 0.15) is 23.9 Å². The van der Waals surface area contributed by atoms with Crippen LogP contribution in [0.2, 0.25) is 0 Å². The monoisotopic (exact) mass is 330 g/mol. The molecule has 0 fully saturated rings. The zero-order valence-corrected chi connectivity index (χ0v) is 15.2. The van der Waals surface area contributed by atoms with Gasteiger partial charge in [-0.15, -0.1) is 0 Å². The first kappa shape index (κ1) is 17.8. The van der Waals surface area contributed by atoms with E-state index in [0.29, 0.717) is 5.69 Å². The molecule has 24 heavy (non-hydrogen) atoms. The number of anilines is 2. The predicted octanol–water partition coefficient (Wildman–Crippen LogP) is 2.25. The third-order valence-electron chi connectivity index (χ3n) is 4.01. The van der Waals surface area contributed by atoms with Gasteiger partial charge >= 0.3 is 6.03 Å². The quantitative estimate of drug-likeness (QED) is 0.882. The number of carbonyl (C=O) groups is 1.